The van der Waals surface area contributed by atoms with Gasteiger partial charge in [-0.05, 0) is 31.5 Å². The lowest BCUT2D eigenvalue weighted by Gasteiger charge is -2.31. The average Bonchev–Trinajstić information content (AvgIpc) is 3.27. The monoisotopic (exact) mass is 384 g/mol. The van der Waals surface area contributed by atoms with Crippen molar-refractivity contribution in [1.29, 1.82) is 0 Å². The van der Waals surface area contributed by atoms with Crippen LogP contribution in [0.4, 0.5) is 4.39 Å². The van der Waals surface area contributed by atoms with Gasteiger partial charge in [-0.15, -0.1) is 0 Å². The van der Waals surface area contributed by atoms with Gasteiger partial charge in [0, 0.05) is 43.7 Å². The van der Waals surface area contributed by atoms with Crippen LogP contribution in [0.3, 0.4) is 0 Å². The number of benzene rings is 1. The smallest absolute Gasteiger partial charge is 0.263 e. The highest BCUT2D eigenvalue weighted by atomic mass is 19.1. The molecule has 1 aromatic carbocycles. The fourth-order valence-corrected chi connectivity index (χ4v) is 3.80. The molecule has 2 atom stereocenters. The minimum absolute atomic E-state index is 0.109. The Hall–Kier alpha value is -2.54. The molecule has 2 unspecified atom stereocenters. The van der Waals surface area contributed by atoms with Crippen LogP contribution in [-0.4, -0.2) is 46.5 Å². The van der Waals surface area contributed by atoms with E-state index in [1.165, 1.54) is 6.07 Å². The summed E-state index contributed by atoms with van der Waals surface area (Å²) in [6.45, 7) is 4.85. The fourth-order valence-electron chi connectivity index (χ4n) is 3.80. The molecule has 0 saturated carbocycles. The zero-order chi connectivity index (χ0) is 19.5. The van der Waals surface area contributed by atoms with Gasteiger partial charge < -0.3 is 15.0 Å². The number of nitrogens with one attached hydrogen (secondary N) is 1. The molecule has 0 spiro atoms. The standard InChI is InChI=1S/C21H25FN4O2/c1-2-18(28-19-6-4-3-5-16(19)22)21(27)26-10-8-17-15(13-26)12-24-20(25-17)14-7-9-23-11-14/h3-6,12,14,18,23H,2,7-11,13H2,1H3. The summed E-state index contributed by atoms with van der Waals surface area (Å²) in [5, 5.41) is 3.34. The van der Waals surface area contributed by atoms with Gasteiger partial charge in [-0.25, -0.2) is 14.4 Å². The minimum atomic E-state index is -0.705. The van der Waals surface area contributed by atoms with E-state index in [4.69, 9.17) is 9.72 Å². The van der Waals surface area contributed by atoms with Crippen molar-refractivity contribution in [3.05, 3.63) is 53.4 Å². The van der Waals surface area contributed by atoms with E-state index in [-0.39, 0.29) is 11.7 Å². The molecule has 2 aromatic rings. The van der Waals surface area contributed by atoms with Crippen molar-refractivity contribution in [2.75, 3.05) is 19.6 Å². The summed E-state index contributed by atoms with van der Waals surface area (Å²) in [5.41, 5.74) is 2.01. The van der Waals surface area contributed by atoms with Crippen LogP contribution in [0.5, 0.6) is 5.75 Å². The molecule has 7 heteroatoms. The molecule has 0 aliphatic carbocycles. The molecule has 1 N–H and O–H groups in total. The summed E-state index contributed by atoms with van der Waals surface area (Å²) < 4.78 is 19.6. The van der Waals surface area contributed by atoms with Crippen LogP contribution in [0, 0.1) is 5.82 Å². The predicted molar refractivity (Wildman–Crippen MR) is 102 cm³/mol. The first kappa shape index (κ1) is 18.8. The van der Waals surface area contributed by atoms with E-state index in [1.807, 2.05) is 13.1 Å². The Bertz CT molecular complexity index is 854. The third-order valence-corrected chi connectivity index (χ3v) is 5.44. The molecule has 1 fully saturated rings. The Labute approximate surface area is 164 Å². The Balaban J connectivity index is 1.45. The number of ether oxygens (including phenoxy) is 1. The number of carbonyl (C=O) groups is 1. The van der Waals surface area contributed by atoms with E-state index < -0.39 is 11.9 Å². The molecule has 1 saturated heterocycles. The maximum absolute atomic E-state index is 13.9. The number of rotatable bonds is 5. The van der Waals surface area contributed by atoms with E-state index in [9.17, 15) is 9.18 Å². The first-order valence-electron chi connectivity index (χ1n) is 9.91. The van der Waals surface area contributed by atoms with Gasteiger partial charge in [0.25, 0.3) is 5.91 Å². The number of para-hydroxylation sites is 1. The second-order valence-electron chi connectivity index (χ2n) is 7.34. The van der Waals surface area contributed by atoms with Crippen molar-refractivity contribution < 1.29 is 13.9 Å². The van der Waals surface area contributed by atoms with Crippen LogP contribution in [0.25, 0.3) is 0 Å². The quantitative estimate of drug-likeness (QED) is 0.858. The summed E-state index contributed by atoms with van der Waals surface area (Å²) in [7, 11) is 0. The van der Waals surface area contributed by atoms with Gasteiger partial charge in [0.2, 0.25) is 0 Å². The number of aromatic nitrogens is 2. The number of halogens is 1. The largest absolute Gasteiger partial charge is 0.478 e. The van der Waals surface area contributed by atoms with Crippen molar-refractivity contribution in [2.45, 2.75) is 44.8 Å². The van der Waals surface area contributed by atoms with Gasteiger partial charge in [0.15, 0.2) is 17.7 Å². The normalized spacial score (nSPS) is 19.9. The van der Waals surface area contributed by atoms with E-state index >= 15 is 0 Å². The predicted octanol–water partition coefficient (Wildman–Crippen LogP) is 2.43. The highest BCUT2D eigenvalue weighted by molar-refractivity contribution is 5.81. The van der Waals surface area contributed by atoms with Gasteiger partial charge >= 0.3 is 0 Å². The molecule has 0 bridgehead atoms. The molecular formula is C21H25FN4O2. The lowest BCUT2D eigenvalue weighted by molar-refractivity contribution is -0.140. The first-order valence-corrected chi connectivity index (χ1v) is 9.91. The molecule has 148 valence electrons. The van der Waals surface area contributed by atoms with Crippen LogP contribution in [0.15, 0.2) is 30.5 Å². The molecule has 1 aromatic heterocycles. The van der Waals surface area contributed by atoms with Gasteiger partial charge in [0.1, 0.15) is 5.82 Å². The molecule has 6 nitrogen and oxygen atoms in total. The molecule has 1 amide bonds. The SMILES string of the molecule is CCC(Oc1ccccc1F)C(=O)N1CCc2nc(C3CCNC3)ncc2C1. The number of nitrogens with zero attached hydrogens (tertiary/aromatic N) is 3. The minimum Gasteiger partial charge on any atom is -0.478 e. The number of hydrogen-bond donors (Lipinski definition) is 1. The summed E-state index contributed by atoms with van der Waals surface area (Å²) in [6.07, 6.45) is 3.39. The van der Waals surface area contributed by atoms with Crippen LogP contribution in [-0.2, 0) is 17.8 Å². The average molecular weight is 384 g/mol. The van der Waals surface area contributed by atoms with E-state index in [0.717, 1.165) is 36.6 Å². The van der Waals surface area contributed by atoms with Gasteiger partial charge in [-0.1, -0.05) is 19.1 Å². The molecule has 0 radical (unpaired) electrons. The van der Waals surface area contributed by atoms with Crippen molar-refractivity contribution in [3.63, 3.8) is 0 Å². The Kier molecular flexibility index (Phi) is 5.52. The topological polar surface area (TPSA) is 67.3 Å². The lowest BCUT2D eigenvalue weighted by Crippen LogP contribution is -2.44. The van der Waals surface area contributed by atoms with Gasteiger partial charge in [0.05, 0.1) is 5.69 Å². The summed E-state index contributed by atoms with van der Waals surface area (Å²) in [4.78, 5) is 24.0. The molecule has 2 aliphatic rings. The molecular weight excluding hydrogens is 359 g/mol. The summed E-state index contributed by atoms with van der Waals surface area (Å²) in [5.74, 6) is 0.806. The number of fused-ring (bicyclic) bond motifs is 1. The summed E-state index contributed by atoms with van der Waals surface area (Å²) in [6, 6.07) is 6.17. The van der Waals surface area contributed by atoms with Crippen LogP contribution in [0.1, 0.15) is 42.8 Å². The maximum Gasteiger partial charge on any atom is 0.263 e. The lowest BCUT2D eigenvalue weighted by atomic mass is 10.0. The Morgan fingerprint density at radius 2 is 2.29 bits per heavy atom. The number of carbonyl (C=O) groups excluding carboxylic acids is 1. The van der Waals surface area contributed by atoms with E-state index in [0.29, 0.717) is 31.8 Å². The molecule has 28 heavy (non-hydrogen) atoms. The highest BCUT2D eigenvalue weighted by Crippen LogP contribution is 2.24. The van der Waals surface area contributed by atoms with Crippen LogP contribution < -0.4 is 10.1 Å². The first-order chi connectivity index (χ1) is 13.7. The van der Waals surface area contributed by atoms with Crippen LogP contribution in [0.2, 0.25) is 0 Å². The number of amides is 1. The third kappa shape index (κ3) is 3.85. The van der Waals surface area contributed by atoms with Gasteiger partial charge in [-0.2, -0.15) is 0 Å². The van der Waals surface area contributed by atoms with E-state index in [2.05, 4.69) is 10.3 Å². The fraction of sp³-hybridized carbons (Fsp3) is 0.476. The van der Waals surface area contributed by atoms with Crippen molar-refractivity contribution in [3.8, 4) is 5.75 Å². The molecule has 4 rings (SSSR count). The van der Waals surface area contributed by atoms with Gasteiger partial charge in [-0.3, -0.25) is 4.79 Å². The van der Waals surface area contributed by atoms with E-state index in [1.54, 1.807) is 23.1 Å². The maximum atomic E-state index is 13.9. The Morgan fingerprint density at radius 1 is 1.43 bits per heavy atom. The number of hydrogen-bond acceptors (Lipinski definition) is 5. The third-order valence-electron chi connectivity index (χ3n) is 5.44. The van der Waals surface area contributed by atoms with Crippen molar-refractivity contribution in [1.82, 2.24) is 20.2 Å². The molecule has 3 heterocycles. The highest BCUT2D eigenvalue weighted by Gasteiger charge is 2.30. The zero-order valence-electron chi connectivity index (χ0n) is 16.0. The summed E-state index contributed by atoms with van der Waals surface area (Å²) >= 11 is 0. The van der Waals surface area contributed by atoms with Crippen molar-refractivity contribution >= 4 is 5.91 Å². The second-order valence-corrected chi connectivity index (χ2v) is 7.34. The zero-order valence-corrected chi connectivity index (χ0v) is 16.0. The Morgan fingerprint density at radius 3 is 3.04 bits per heavy atom. The second kappa shape index (κ2) is 8.22. The van der Waals surface area contributed by atoms with Crippen molar-refractivity contribution in [2.24, 2.45) is 0 Å². The van der Waals surface area contributed by atoms with Crippen LogP contribution >= 0.6 is 0 Å². The molecule has 2 aliphatic heterocycles.